The van der Waals surface area contributed by atoms with Gasteiger partial charge < -0.3 is 36.0 Å². The van der Waals surface area contributed by atoms with Crippen LogP contribution in [0.15, 0.2) is 0 Å². The smallest absolute Gasteiger partial charge is 0.0110 e. The van der Waals surface area contributed by atoms with Gasteiger partial charge in [0.15, 0.2) is 0 Å². The average molecular weight is 772 g/mol. The average Bonchev–Trinajstić information content (AvgIpc) is 3.12. The van der Waals surface area contributed by atoms with Crippen LogP contribution in [0.4, 0.5) is 0 Å². The number of likely N-dealkylation sites (N-methyl/N-ethyl adjacent to an activating group) is 2. The molecule has 0 aliphatic carbocycles. The van der Waals surface area contributed by atoms with Gasteiger partial charge in [0.2, 0.25) is 0 Å². The summed E-state index contributed by atoms with van der Waals surface area (Å²) in [6, 6.07) is 0. The molecule has 4 N–H and O–H groups in total. The Kier molecular flexibility index (Phi) is 54.7. The summed E-state index contributed by atoms with van der Waals surface area (Å²) in [5.74, 6) is 3.41. The molecule has 1 aliphatic heterocycles. The summed E-state index contributed by atoms with van der Waals surface area (Å²) in [5.41, 5.74) is 0. The van der Waals surface area contributed by atoms with E-state index in [9.17, 15) is 0 Å². The molecule has 7 nitrogen and oxygen atoms in total. The minimum atomic E-state index is 0. The van der Waals surface area contributed by atoms with Gasteiger partial charge in [-0.05, 0) is 141 Å². The topological polar surface area (TPSA) is 57.8 Å². The predicted molar refractivity (Wildman–Crippen MR) is 251 cm³/mol. The van der Waals surface area contributed by atoms with Crippen molar-refractivity contribution in [1.29, 1.82) is 0 Å². The highest BCUT2D eigenvalue weighted by Gasteiger charge is 2.15. The van der Waals surface area contributed by atoms with Gasteiger partial charge in [0.1, 0.15) is 0 Å². The van der Waals surface area contributed by atoms with Crippen LogP contribution in [-0.4, -0.2) is 127 Å². The van der Waals surface area contributed by atoms with Crippen molar-refractivity contribution in [3.05, 3.63) is 0 Å². The second-order valence-corrected chi connectivity index (χ2v) is 17.4. The van der Waals surface area contributed by atoms with E-state index in [1.54, 1.807) is 0 Å². The number of rotatable bonds is 31. The summed E-state index contributed by atoms with van der Waals surface area (Å²) in [5, 5.41) is 13.3. The molecule has 0 radical (unpaired) electrons. The zero-order valence-electron chi connectivity index (χ0n) is 39.2. The Morgan fingerprint density at radius 2 is 0.796 bits per heavy atom. The Bertz CT molecular complexity index is 628. The van der Waals surface area contributed by atoms with Gasteiger partial charge >= 0.3 is 0 Å². The van der Waals surface area contributed by atoms with Crippen LogP contribution in [0, 0.1) is 23.7 Å². The number of unbranched alkanes of at least 4 members (excludes halogenated alkanes) is 4. The van der Waals surface area contributed by atoms with Gasteiger partial charge in [-0.25, -0.2) is 0 Å². The molecule has 0 aromatic carbocycles. The fraction of sp³-hybridized carbons (Fsp3) is 1.00. The molecule has 1 saturated heterocycles. The van der Waals surface area contributed by atoms with Crippen LogP contribution in [0.25, 0.3) is 0 Å². The zero-order valence-corrected chi connectivity index (χ0v) is 39.2. The van der Waals surface area contributed by atoms with Crippen molar-refractivity contribution >= 4 is 0 Å². The number of piperazine rings is 1. The van der Waals surface area contributed by atoms with E-state index in [1.807, 2.05) is 14.1 Å². The summed E-state index contributed by atoms with van der Waals surface area (Å²) < 4.78 is 0. The van der Waals surface area contributed by atoms with Crippen molar-refractivity contribution < 1.29 is 0 Å². The summed E-state index contributed by atoms with van der Waals surface area (Å²) in [6.07, 6.45) is 18.8. The molecule has 0 spiro atoms. The van der Waals surface area contributed by atoms with Gasteiger partial charge in [-0.15, -0.1) is 0 Å². The van der Waals surface area contributed by atoms with Gasteiger partial charge in [-0.1, -0.05) is 116 Å². The van der Waals surface area contributed by atoms with Crippen molar-refractivity contribution in [1.82, 2.24) is 36.0 Å². The number of nitrogens with one attached hydrogen (secondary N) is 4. The lowest BCUT2D eigenvalue weighted by Crippen LogP contribution is -2.46. The lowest BCUT2D eigenvalue weighted by Gasteiger charge is -2.34. The van der Waals surface area contributed by atoms with Crippen LogP contribution in [-0.2, 0) is 0 Å². The molecule has 0 saturated carbocycles. The van der Waals surface area contributed by atoms with Crippen molar-refractivity contribution in [2.75, 3.05) is 112 Å². The highest BCUT2D eigenvalue weighted by Crippen LogP contribution is 2.09. The van der Waals surface area contributed by atoms with E-state index in [1.165, 1.54) is 162 Å². The monoisotopic (exact) mass is 772 g/mol. The third-order valence-corrected chi connectivity index (χ3v) is 9.86. The van der Waals surface area contributed by atoms with Crippen LogP contribution < -0.4 is 21.3 Å². The molecule has 0 atom stereocenters. The van der Waals surface area contributed by atoms with Crippen molar-refractivity contribution in [3.8, 4) is 0 Å². The molecule has 1 rings (SSSR count). The molecule has 332 valence electrons. The van der Waals surface area contributed by atoms with Gasteiger partial charge in [0.05, 0.1) is 0 Å². The Labute approximate surface area is 344 Å². The van der Waals surface area contributed by atoms with Crippen molar-refractivity contribution in [3.63, 3.8) is 0 Å². The maximum atomic E-state index is 3.46. The van der Waals surface area contributed by atoms with Crippen LogP contribution in [0.3, 0.4) is 0 Å². The molecular formula is C47H109N7. The minimum Gasteiger partial charge on any atom is -0.318 e. The SMILES string of the molecule is C.CCCCN1CCN(CCCC(C)C)CC1.CCCCNCCCC(C)C.CCCCNCCCCC(C)C.CNCCN(CCNC)CCC(C)C. The predicted octanol–water partition coefficient (Wildman–Crippen LogP) is 10.3. The number of nitrogens with zero attached hydrogens (tertiary/aromatic N) is 3. The number of hydrogen-bond donors (Lipinski definition) is 4. The molecule has 0 aromatic heterocycles. The van der Waals surface area contributed by atoms with Crippen LogP contribution >= 0.6 is 0 Å². The molecule has 54 heavy (non-hydrogen) atoms. The first-order chi connectivity index (χ1) is 25.5. The Morgan fingerprint density at radius 1 is 0.426 bits per heavy atom. The largest absolute Gasteiger partial charge is 0.318 e. The minimum absolute atomic E-state index is 0. The van der Waals surface area contributed by atoms with Crippen LogP contribution in [0.1, 0.15) is 173 Å². The fourth-order valence-electron chi connectivity index (χ4n) is 5.95. The second kappa shape index (κ2) is 48.9. The van der Waals surface area contributed by atoms with Gasteiger partial charge in [-0.3, -0.25) is 0 Å². The zero-order chi connectivity index (χ0) is 40.4. The lowest BCUT2D eigenvalue weighted by molar-refractivity contribution is 0.129. The molecule has 1 fully saturated rings. The summed E-state index contributed by atoms with van der Waals surface area (Å²) >= 11 is 0. The van der Waals surface area contributed by atoms with E-state index in [2.05, 4.69) is 112 Å². The number of hydrogen-bond acceptors (Lipinski definition) is 7. The first kappa shape index (κ1) is 60.4. The molecule has 0 amide bonds. The summed E-state index contributed by atoms with van der Waals surface area (Å²) in [4.78, 5) is 7.79. The first-order valence-corrected chi connectivity index (χ1v) is 23.3. The quantitative estimate of drug-likeness (QED) is 0.0524. The third kappa shape index (κ3) is 53.8. The van der Waals surface area contributed by atoms with Crippen molar-refractivity contribution in [2.24, 2.45) is 23.7 Å². The van der Waals surface area contributed by atoms with Crippen LogP contribution in [0.2, 0.25) is 0 Å². The molecule has 0 aromatic rings. The van der Waals surface area contributed by atoms with E-state index in [0.29, 0.717) is 0 Å². The molecule has 0 bridgehead atoms. The molecule has 0 unspecified atom stereocenters. The van der Waals surface area contributed by atoms with E-state index >= 15 is 0 Å². The molecular weight excluding hydrogens is 663 g/mol. The molecule has 1 heterocycles. The van der Waals surface area contributed by atoms with E-state index in [4.69, 9.17) is 0 Å². The normalized spacial score (nSPS) is 13.4. The van der Waals surface area contributed by atoms with Crippen LogP contribution in [0.5, 0.6) is 0 Å². The second-order valence-electron chi connectivity index (χ2n) is 17.4. The lowest BCUT2D eigenvalue weighted by atomic mass is 10.1. The van der Waals surface area contributed by atoms with Gasteiger partial charge in [-0.2, -0.15) is 0 Å². The van der Waals surface area contributed by atoms with Gasteiger partial charge in [0, 0.05) is 52.4 Å². The molecule has 7 heteroatoms. The maximum Gasteiger partial charge on any atom is 0.0110 e. The highest BCUT2D eigenvalue weighted by atomic mass is 15.3. The Hall–Kier alpha value is -0.280. The maximum absolute atomic E-state index is 3.46. The Morgan fingerprint density at radius 3 is 1.20 bits per heavy atom. The Balaban J connectivity index is -0.000000310. The third-order valence-electron chi connectivity index (χ3n) is 9.86. The molecule has 1 aliphatic rings. The fourth-order valence-corrected chi connectivity index (χ4v) is 5.95. The first-order valence-electron chi connectivity index (χ1n) is 23.3. The van der Waals surface area contributed by atoms with E-state index < -0.39 is 0 Å². The summed E-state index contributed by atoms with van der Waals surface area (Å²) in [7, 11) is 4.03. The van der Waals surface area contributed by atoms with E-state index in [0.717, 1.165) is 49.9 Å². The van der Waals surface area contributed by atoms with Gasteiger partial charge in [0.25, 0.3) is 0 Å². The van der Waals surface area contributed by atoms with E-state index in [-0.39, 0.29) is 7.43 Å². The standard InChI is InChI=1S/C14H30N2.C11H27N3.C11H25N.C10H23N.CH4/c1-4-5-8-15-10-12-16(13-11-15)9-6-7-14(2)3;1-11(2)5-8-14(9-6-12-3)10-7-13-4;1-4-5-9-12-10-7-6-8-11(2)3;1-4-5-8-11-9-6-7-10(2)3;/h14H,4-13H2,1-3H3;11-13H,5-10H2,1-4H3;11-12H,4-10H2,1-3H3;10-11H,4-9H2,1-3H3;1H4. The van der Waals surface area contributed by atoms with Crippen molar-refractivity contribution in [2.45, 2.75) is 173 Å². The highest BCUT2D eigenvalue weighted by molar-refractivity contribution is 4.72. The summed E-state index contributed by atoms with van der Waals surface area (Å²) in [6.45, 7) is 43.5.